The van der Waals surface area contributed by atoms with Crippen LogP contribution in [0, 0.1) is 30.6 Å². The summed E-state index contributed by atoms with van der Waals surface area (Å²) < 4.78 is 0. The van der Waals surface area contributed by atoms with Gasteiger partial charge in [0.2, 0.25) is 0 Å². The van der Waals surface area contributed by atoms with E-state index in [1.807, 2.05) is 0 Å². The van der Waals surface area contributed by atoms with E-state index < -0.39 is 10.2 Å². The molecule has 0 saturated carbocycles. The largest absolute Gasteiger partial charge is 2.00 e. The van der Waals surface area contributed by atoms with Crippen molar-refractivity contribution in [3.8, 4) is 0 Å². The summed E-state index contributed by atoms with van der Waals surface area (Å²) in [5.74, 6) is 0. The fraction of sp³-hybridized carbons (Fsp3) is 0. The van der Waals surface area contributed by atoms with Crippen LogP contribution in [0.15, 0.2) is 0 Å². The van der Waals surface area contributed by atoms with Crippen LogP contribution >= 0.6 is 0 Å². The molecule has 0 amide bonds. The first-order valence-electron chi connectivity index (χ1n) is 1.10. The topological polar surface area (TPSA) is 321 Å². The van der Waals surface area contributed by atoms with E-state index in [0.717, 1.165) is 0 Å². The number of rotatable bonds is 0. The van der Waals surface area contributed by atoms with Gasteiger partial charge in [-0.25, -0.2) is 0 Å². The van der Waals surface area contributed by atoms with Crippen LogP contribution < -0.4 is 0 Å². The first-order chi connectivity index (χ1) is 3.46. The second-order valence-electron chi connectivity index (χ2n) is 0.447. The van der Waals surface area contributed by atoms with E-state index in [1.165, 1.54) is 0 Å². The third-order valence-electron chi connectivity index (χ3n) is 0. The third kappa shape index (κ3) is 1080. The number of hydrogen-bond acceptors (Lipinski definition) is 6. The molecule has 14 nitrogen and oxygen atoms in total. The predicted molar refractivity (Wildman–Crippen MR) is 42.4 cm³/mol. The Bertz CT molecular complexity index is 71.6. The van der Waals surface area contributed by atoms with Gasteiger partial charge in [-0.15, -0.1) is 0 Å². The fourth-order valence-corrected chi connectivity index (χ4v) is 0. The minimum absolute atomic E-state index is 0. The Morgan fingerprint density at radius 1 is 0.533 bits per heavy atom. The van der Waals surface area contributed by atoms with Gasteiger partial charge in [-0.1, -0.05) is 0 Å². The summed E-state index contributed by atoms with van der Waals surface area (Å²) in [4.78, 5) is 16.5. The van der Waals surface area contributed by atoms with Crippen molar-refractivity contribution in [3.63, 3.8) is 0 Å². The zero-order valence-corrected chi connectivity index (χ0v) is 8.21. The van der Waals surface area contributed by atoms with Gasteiger partial charge < -0.3 is 63.5 Å². The summed E-state index contributed by atoms with van der Waals surface area (Å²) in [6, 6.07) is 0. The second kappa shape index (κ2) is 77.1. The molecule has 12 N–H and O–H groups in total. The summed E-state index contributed by atoms with van der Waals surface area (Å²) in [6.07, 6.45) is 0. The molecule has 0 aromatic rings. The molecule has 0 aliphatic heterocycles. The van der Waals surface area contributed by atoms with E-state index in [0.29, 0.717) is 0 Å². The van der Waals surface area contributed by atoms with E-state index >= 15 is 0 Å². The molecule has 0 saturated heterocycles. The predicted octanol–water partition coefficient (Wildman–Crippen LogP) is -5.43. The molecule has 0 atom stereocenters. The smallest absolute Gasteiger partial charge is 0.412 e. The molecule has 0 aromatic carbocycles. The van der Waals surface area contributed by atoms with Gasteiger partial charge in [-0.2, -0.15) is 0 Å². The van der Waals surface area contributed by atoms with Gasteiger partial charge in [0.15, 0.2) is 0 Å². The second-order valence-corrected chi connectivity index (χ2v) is 0.447. The fourth-order valence-electron chi connectivity index (χ4n) is 0. The Labute approximate surface area is 94.8 Å². The number of hydrogen-bond donors (Lipinski definition) is 0. The van der Waals surface area contributed by atoms with Gasteiger partial charge in [0.1, 0.15) is 0 Å². The summed E-state index contributed by atoms with van der Waals surface area (Å²) >= 11 is 0. The molecule has 0 aromatic heterocycles. The molecule has 0 spiro atoms. The Kier molecular flexibility index (Phi) is 502. The van der Waals surface area contributed by atoms with E-state index in [4.69, 9.17) is 30.6 Å². The van der Waals surface area contributed by atoms with Crippen molar-refractivity contribution in [1.82, 2.24) is 0 Å². The molecule has 15 heteroatoms. The monoisotopic (exact) mass is 338 g/mol. The molecule has 0 radical (unpaired) electrons. The zero-order chi connectivity index (χ0) is 7.15. The van der Waals surface area contributed by atoms with Crippen LogP contribution in [-0.2, 0) is 20.4 Å². The maximum atomic E-state index is 8.25. The molecule has 104 valence electrons. The van der Waals surface area contributed by atoms with Gasteiger partial charge in [-0.05, 0) is 0 Å². The molecule has 0 rings (SSSR count). The van der Waals surface area contributed by atoms with Crippen molar-refractivity contribution in [2.45, 2.75) is 0 Å². The molecule has 0 bridgehead atoms. The van der Waals surface area contributed by atoms with Gasteiger partial charge in [0.25, 0.3) is 0 Å². The summed E-state index contributed by atoms with van der Waals surface area (Å²) in [7, 11) is 0. The Hall–Kier alpha value is -1.18. The molecule has 0 aliphatic carbocycles. The van der Waals surface area contributed by atoms with Crippen LogP contribution in [0.25, 0.3) is 0 Å². The maximum Gasteiger partial charge on any atom is 2.00 e. The van der Waals surface area contributed by atoms with E-state index in [-0.39, 0.29) is 53.3 Å². The van der Waals surface area contributed by atoms with E-state index in [2.05, 4.69) is 0 Å². The van der Waals surface area contributed by atoms with Gasteiger partial charge in [-0.3, -0.25) is 0 Å². The molecule has 0 heterocycles. The van der Waals surface area contributed by atoms with Crippen LogP contribution in [0.5, 0.6) is 0 Å². The van der Waals surface area contributed by atoms with Crippen molar-refractivity contribution in [1.29, 1.82) is 0 Å². The quantitative estimate of drug-likeness (QED) is 0.235. The van der Waals surface area contributed by atoms with Gasteiger partial charge >= 0.3 is 20.4 Å². The average molecular weight is 339 g/mol. The standard InChI is InChI=1S/2NO3.6H2O.Pd/c2*2-1(3)4;;;;;;;/h;;6*1H2;/q2*-1;;;;;;;+2. The van der Waals surface area contributed by atoms with Crippen molar-refractivity contribution >= 4 is 0 Å². The third-order valence-corrected chi connectivity index (χ3v) is 0. The normalized spacial score (nSPS) is 3.20. The first-order valence-corrected chi connectivity index (χ1v) is 1.10. The van der Waals surface area contributed by atoms with Crippen molar-refractivity contribution in [2.75, 3.05) is 0 Å². The Morgan fingerprint density at radius 3 is 0.533 bits per heavy atom. The van der Waals surface area contributed by atoms with Crippen LogP contribution in [0.3, 0.4) is 0 Å². The maximum absolute atomic E-state index is 8.25. The van der Waals surface area contributed by atoms with Crippen molar-refractivity contribution < 1.29 is 63.5 Å². The van der Waals surface area contributed by atoms with Crippen LogP contribution in [0.1, 0.15) is 0 Å². The van der Waals surface area contributed by atoms with Gasteiger partial charge in [0.05, 0.1) is 10.2 Å². The molecule has 15 heavy (non-hydrogen) atoms. The number of nitrogens with zero attached hydrogens (tertiary/aromatic N) is 2. The van der Waals surface area contributed by atoms with Crippen LogP contribution in [-0.4, -0.2) is 43.0 Å². The van der Waals surface area contributed by atoms with Crippen LogP contribution in [0.4, 0.5) is 0 Å². The first kappa shape index (κ1) is 97.7. The summed E-state index contributed by atoms with van der Waals surface area (Å²) in [5.41, 5.74) is 0. The molecule has 0 aliphatic rings. The SMILES string of the molecule is O.O.O.O.O.O.O=[N+]([O-])[O-].O=[N+]([O-])[O-].[Pd+2]. The van der Waals surface area contributed by atoms with Crippen molar-refractivity contribution in [2.24, 2.45) is 0 Å². The Balaban J connectivity index is -0.00000000468. The minimum atomic E-state index is -1.75. The summed E-state index contributed by atoms with van der Waals surface area (Å²) in [5, 5.41) is 29.5. The zero-order valence-electron chi connectivity index (χ0n) is 6.66. The summed E-state index contributed by atoms with van der Waals surface area (Å²) in [6.45, 7) is 0. The molecular formula is H12N2O12Pd. The van der Waals surface area contributed by atoms with Crippen molar-refractivity contribution in [3.05, 3.63) is 30.6 Å². The van der Waals surface area contributed by atoms with Crippen LogP contribution in [0.2, 0.25) is 0 Å². The minimum Gasteiger partial charge on any atom is -0.412 e. The Morgan fingerprint density at radius 2 is 0.533 bits per heavy atom. The van der Waals surface area contributed by atoms with Gasteiger partial charge in [0, 0.05) is 0 Å². The molecular weight excluding hydrogens is 326 g/mol. The van der Waals surface area contributed by atoms with E-state index in [9.17, 15) is 0 Å². The molecule has 0 fully saturated rings. The molecule has 0 unspecified atom stereocenters. The van der Waals surface area contributed by atoms with E-state index in [1.54, 1.807) is 0 Å². The average Bonchev–Trinajstić information content (AvgIpc) is 1.25.